The van der Waals surface area contributed by atoms with Gasteiger partial charge in [0.2, 0.25) is 5.91 Å². The molecule has 0 radical (unpaired) electrons. The summed E-state index contributed by atoms with van der Waals surface area (Å²) in [5, 5.41) is 12.7. The zero-order valence-electron chi connectivity index (χ0n) is 14.3. The smallest absolute Gasteiger partial charge is 0.248 e. The topological polar surface area (TPSA) is 63.5 Å². The number of ether oxygens (including phenoxy) is 1. The monoisotopic (exact) mass is 349 g/mol. The molecule has 0 N–H and O–H groups in total. The van der Waals surface area contributed by atoms with Crippen LogP contribution < -0.4 is 0 Å². The number of likely N-dealkylation sites (N-methyl/N-ethyl adjacent to an activating group) is 1. The van der Waals surface area contributed by atoms with Crippen LogP contribution in [0.1, 0.15) is 22.9 Å². The van der Waals surface area contributed by atoms with E-state index in [1.807, 2.05) is 11.7 Å². The predicted molar refractivity (Wildman–Crippen MR) is 91.7 cm³/mol. The Hall–Kier alpha value is -1.77. The van der Waals surface area contributed by atoms with Crippen molar-refractivity contribution in [2.45, 2.75) is 19.0 Å². The molecule has 24 heavy (non-hydrogen) atoms. The second-order valence-electron chi connectivity index (χ2n) is 6.35. The number of aryl methyl sites for hydroxylation is 1. The van der Waals surface area contributed by atoms with Gasteiger partial charge in [-0.05, 0) is 22.4 Å². The third kappa shape index (κ3) is 3.82. The Kier molecular flexibility index (Phi) is 5.27. The first-order valence-corrected chi connectivity index (χ1v) is 8.88. The van der Waals surface area contributed by atoms with Crippen molar-refractivity contribution in [3.63, 3.8) is 0 Å². The standard InChI is InChI=1S/C16H23N5O2S/c1-19(2)15(22)10-23-9-13-7-21(6-12-4-5-24-11-12)8-14-16(13)20(3)18-17-14/h4-5,11,13H,6-10H2,1-3H3/t13-/m0/s1. The van der Waals surface area contributed by atoms with Crippen LogP contribution in [0.3, 0.4) is 0 Å². The van der Waals surface area contributed by atoms with Crippen LogP contribution in [-0.2, 0) is 29.7 Å². The molecule has 3 rings (SSSR count). The van der Waals surface area contributed by atoms with E-state index < -0.39 is 0 Å². The molecule has 0 unspecified atom stereocenters. The second-order valence-corrected chi connectivity index (χ2v) is 7.13. The van der Waals surface area contributed by atoms with E-state index in [1.165, 1.54) is 5.56 Å². The Balaban J connectivity index is 1.66. The molecule has 0 fully saturated rings. The lowest BCUT2D eigenvalue weighted by atomic mass is 9.98. The van der Waals surface area contributed by atoms with E-state index in [0.717, 1.165) is 31.0 Å². The third-order valence-electron chi connectivity index (χ3n) is 4.21. The second kappa shape index (κ2) is 7.42. The lowest BCUT2D eigenvalue weighted by molar-refractivity contribution is -0.133. The molecule has 1 atom stereocenters. The summed E-state index contributed by atoms with van der Waals surface area (Å²) in [6.07, 6.45) is 0. The molecule has 130 valence electrons. The molecule has 7 nitrogen and oxygen atoms in total. The number of hydrogen-bond acceptors (Lipinski definition) is 6. The van der Waals surface area contributed by atoms with Gasteiger partial charge in [0.25, 0.3) is 0 Å². The SMILES string of the molecule is CN(C)C(=O)COC[C@@H]1CN(Cc2ccsc2)Cc2nnn(C)c21. The Morgan fingerprint density at radius 1 is 1.50 bits per heavy atom. The van der Waals surface area contributed by atoms with Crippen molar-refractivity contribution in [1.29, 1.82) is 0 Å². The van der Waals surface area contributed by atoms with Crippen molar-refractivity contribution < 1.29 is 9.53 Å². The highest BCUT2D eigenvalue weighted by atomic mass is 32.1. The minimum Gasteiger partial charge on any atom is -0.371 e. The molecule has 2 aromatic heterocycles. The summed E-state index contributed by atoms with van der Waals surface area (Å²) < 4.78 is 7.51. The quantitative estimate of drug-likeness (QED) is 0.781. The number of rotatable bonds is 6. The fourth-order valence-electron chi connectivity index (χ4n) is 3.00. The fraction of sp³-hybridized carbons (Fsp3) is 0.562. The molecule has 0 bridgehead atoms. The van der Waals surface area contributed by atoms with Gasteiger partial charge < -0.3 is 9.64 Å². The van der Waals surface area contributed by atoms with Gasteiger partial charge in [-0.1, -0.05) is 5.21 Å². The number of fused-ring (bicyclic) bond motifs is 1. The molecule has 0 saturated carbocycles. The van der Waals surface area contributed by atoms with Crippen molar-refractivity contribution >= 4 is 17.2 Å². The third-order valence-corrected chi connectivity index (χ3v) is 4.94. The Labute approximate surface area is 145 Å². The van der Waals surface area contributed by atoms with Gasteiger partial charge in [-0.15, -0.1) is 5.10 Å². The molecule has 0 aliphatic carbocycles. The van der Waals surface area contributed by atoms with E-state index in [4.69, 9.17) is 4.74 Å². The van der Waals surface area contributed by atoms with Crippen molar-refractivity contribution in [3.05, 3.63) is 33.8 Å². The number of aromatic nitrogens is 3. The largest absolute Gasteiger partial charge is 0.371 e. The number of hydrogen-bond donors (Lipinski definition) is 0. The van der Waals surface area contributed by atoms with Crippen LogP contribution in [0.15, 0.2) is 16.8 Å². The summed E-state index contributed by atoms with van der Waals surface area (Å²) in [5.74, 6) is 0.145. The van der Waals surface area contributed by atoms with Gasteiger partial charge in [0.1, 0.15) is 12.3 Å². The van der Waals surface area contributed by atoms with Gasteiger partial charge >= 0.3 is 0 Å². The average molecular weight is 349 g/mol. The molecule has 1 aliphatic heterocycles. The first kappa shape index (κ1) is 17.1. The number of nitrogens with zero attached hydrogens (tertiary/aromatic N) is 5. The molecular formula is C16H23N5O2S. The van der Waals surface area contributed by atoms with Gasteiger partial charge in [0, 0.05) is 46.7 Å². The van der Waals surface area contributed by atoms with Crippen LogP contribution in [0.2, 0.25) is 0 Å². The van der Waals surface area contributed by atoms with Gasteiger partial charge in [-0.25, -0.2) is 0 Å². The van der Waals surface area contributed by atoms with Crippen molar-refractivity contribution in [1.82, 2.24) is 24.8 Å². The van der Waals surface area contributed by atoms with Gasteiger partial charge in [-0.2, -0.15) is 11.3 Å². The summed E-state index contributed by atoms with van der Waals surface area (Å²) in [7, 11) is 5.38. The minimum atomic E-state index is -0.0238. The van der Waals surface area contributed by atoms with Crippen molar-refractivity contribution in [3.8, 4) is 0 Å². The van der Waals surface area contributed by atoms with Gasteiger partial charge in [-0.3, -0.25) is 14.4 Å². The van der Waals surface area contributed by atoms with Crippen LogP contribution in [-0.4, -0.2) is 64.6 Å². The summed E-state index contributed by atoms with van der Waals surface area (Å²) >= 11 is 1.71. The molecule has 0 aromatic carbocycles. The van der Waals surface area contributed by atoms with Gasteiger partial charge in [0.05, 0.1) is 12.3 Å². The van der Waals surface area contributed by atoms with E-state index in [-0.39, 0.29) is 18.4 Å². The molecular weight excluding hydrogens is 326 g/mol. The molecule has 1 aliphatic rings. The number of thiophene rings is 1. The van der Waals surface area contributed by atoms with Crippen molar-refractivity contribution in [2.75, 3.05) is 33.9 Å². The highest BCUT2D eigenvalue weighted by molar-refractivity contribution is 7.07. The first-order valence-electron chi connectivity index (χ1n) is 7.94. The van der Waals surface area contributed by atoms with Crippen LogP contribution >= 0.6 is 11.3 Å². The number of carbonyl (C=O) groups is 1. The summed E-state index contributed by atoms with van der Waals surface area (Å²) in [5.41, 5.74) is 3.44. The van der Waals surface area contributed by atoms with E-state index in [0.29, 0.717) is 6.61 Å². The van der Waals surface area contributed by atoms with E-state index in [9.17, 15) is 4.79 Å². The first-order chi connectivity index (χ1) is 11.5. The summed E-state index contributed by atoms with van der Waals surface area (Å²) in [4.78, 5) is 15.6. The minimum absolute atomic E-state index is 0.0238. The molecule has 0 spiro atoms. The lowest BCUT2D eigenvalue weighted by Crippen LogP contribution is -2.36. The highest BCUT2D eigenvalue weighted by Gasteiger charge is 2.30. The van der Waals surface area contributed by atoms with Crippen LogP contribution in [0, 0.1) is 0 Å². The maximum absolute atomic E-state index is 11.7. The van der Waals surface area contributed by atoms with Crippen molar-refractivity contribution in [2.24, 2.45) is 7.05 Å². The summed E-state index contributed by atoms with van der Waals surface area (Å²) in [6, 6.07) is 2.15. The maximum atomic E-state index is 11.7. The molecule has 0 saturated heterocycles. The van der Waals surface area contributed by atoms with E-state index in [1.54, 1.807) is 30.3 Å². The Morgan fingerprint density at radius 3 is 3.04 bits per heavy atom. The average Bonchev–Trinajstić information content (AvgIpc) is 3.17. The lowest BCUT2D eigenvalue weighted by Gasteiger charge is -2.32. The molecule has 3 heterocycles. The normalized spacial score (nSPS) is 17.7. The van der Waals surface area contributed by atoms with Crippen LogP contribution in [0.5, 0.6) is 0 Å². The molecule has 1 amide bonds. The molecule has 2 aromatic rings. The zero-order chi connectivity index (χ0) is 17.1. The Bertz CT molecular complexity index is 683. The van der Waals surface area contributed by atoms with E-state index >= 15 is 0 Å². The van der Waals surface area contributed by atoms with Crippen LogP contribution in [0.4, 0.5) is 0 Å². The predicted octanol–water partition coefficient (Wildman–Crippen LogP) is 1.08. The molecule has 8 heteroatoms. The maximum Gasteiger partial charge on any atom is 0.248 e. The number of amides is 1. The van der Waals surface area contributed by atoms with Gasteiger partial charge in [0.15, 0.2) is 0 Å². The highest BCUT2D eigenvalue weighted by Crippen LogP contribution is 2.28. The fourth-order valence-corrected chi connectivity index (χ4v) is 3.66. The van der Waals surface area contributed by atoms with Crippen LogP contribution in [0.25, 0.3) is 0 Å². The zero-order valence-corrected chi connectivity index (χ0v) is 15.1. The Morgan fingerprint density at radius 2 is 2.33 bits per heavy atom. The number of carbonyl (C=O) groups excluding carboxylic acids is 1. The summed E-state index contributed by atoms with van der Waals surface area (Å²) in [6.45, 7) is 3.17. The van der Waals surface area contributed by atoms with E-state index in [2.05, 4.69) is 32.0 Å².